The molecule has 0 saturated carbocycles. The second-order valence-electron chi connectivity index (χ2n) is 4.63. The van der Waals surface area contributed by atoms with E-state index in [0.717, 1.165) is 5.92 Å². The van der Waals surface area contributed by atoms with E-state index in [1.54, 1.807) is 0 Å². The molecule has 102 valence electrons. The molecular weight excluding hydrogens is 192 g/mol. The first kappa shape index (κ1) is 21.3. The van der Waals surface area contributed by atoms with Gasteiger partial charge in [0.1, 0.15) is 0 Å². The minimum atomic E-state index is 0.615. The Hall–Kier alpha value is 0. The summed E-state index contributed by atoms with van der Waals surface area (Å²) in [4.78, 5) is 0. The molecule has 0 aromatic rings. The van der Waals surface area contributed by atoms with E-state index >= 15 is 0 Å². The molecule has 0 N–H and O–H groups in total. The predicted octanol–water partition coefficient (Wildman–Crippen LogP) is 6.69. The molecule has 0 radical (unpaired) electrons. The maximum absolute atomic E-state index is 2.45. The third-order valence-electron chi connectivity index (χ3n) is 3.25. The monoisotopic (exact) mass is 230 g/mol. The topological polar surface area (TPSA) is 0 Å². The van der Waals surface area contributed by atoms with Crippen LogP contribution >= 0.6 is 0 Å². The third kappa shape index (κ3) is 12.1. The van der Waals surface area contributed by atoms with Crippen LogP contribution in [0.1, 0.15) is 94.4 Å². The van der Waals surface area contributed by atoms with Crippen molar-refractivity contribution in [3.8, 4) is 0 Å². The van der Waals surface area contributed by atoms with Gasteiger partial charge in [-0.25, -0.2) is 0 Å². The Morgan fingerprint density at radius 2 is 1.38 bits per heavy atom. The summed E-state index contributed by atoms with van der Waals surface area (Å²) < 4.78 is 0. The van der Waals surface area contributed by atoms with E-state index in [2.05, 4.69) is 34.6 Å². The first-order valence-corrected chi connectivity index (χ1v) is 7.58. The summed E-state index contributed by atoms with van der Waals surface area (Å²) in [6.07, 6.45) is 6.81. The Balaban J connectivity index is -0.000000376. The van der Waals surface area contributed by atoms with Gasteiger partial charge < -0.3 is 0 Å². The van der Waals surface area contributed by atoms with Crippen molar-refractivity contribution in [3.05, 3.63) is 0 Å². The zero-order valence-corrected chi connectivity index (χ0v) is 13.6. The fourth-order valence-electron chi connectivity index (χ4n) is 2.01. The molecule has 0 saturated heterocycles. The first-order chi connectivity index (χ1) is 7.58. The van der Waals surface area contributed by atoms with Gasteiger partial charge in [-0.2, -0.15) is 0 Å². The van der Waals surface area contributed by atoms with Gasteiger partial charge in [-0.05, 0) is 24.2 Å². The van der Waals surface area contributed by atoms with E-state index in [1.807, 2.05) is 27.7 Å². The second kappa shape index (κ2) is 15.0. The summed E-state index contributed by atoms with van der Waals surface area (Å²) in [5, 5.41) is 0. The zero-order chi connectivity index (χ0) is 13.6. The molecule has 0 aliphatic heterocycles. The smallest absolute Gasteiger partial charge is 0.0326 e. The highest BCUT2D eigenvalue weighted by Crippen LogP contribution is 2.35. The molecule has 0 aromatic carbocycles. The van der Waals surface area contributed by atoms with Crippen LogP contribution in [0.5, 0.6) is 0 Å². The van der Waals surface area contributed by atoms with Crippen molar-refractivity contribution in [1.82, 2.24) is 0 Å². The molecule has 0 rings (SSSR count). The summed E-state index contributed by atoms with van der Waals surface area (Å²) in [6, 6.07) is 0. The van der Waals surface area contributed by atoms with E-state index in [9.17, 15) is 0 Å². The van der Waals surface area contributed by atoms with Crippen molar-refractivity contribution < 1.29 is 0 Å². The molecule has 0 amide bonds. The molecule has 2 atom stereocenters. The van der Waals surface area contributed by atoms with Crippen molar-refractivity contribution >= 4 is 0 Å². The van der Waals surface area contributed by atoms with Crippen LogP contribution in [-0.4, -0.2) is 0 Å². The SMILES string of the molecule is CC.CC.CCCC(C)(CC)CC(C)CC. The van der Waals surface area contributed by atoms with Crippen LogP contribution in [0.15, 0.2) is 0 Å². The lowest BCUT2D eigenvalue weighted by molar-refractivity contribution is 0.214. The number of hydrogen-bond acceptors (Lipinski definition) is 0. The lowest BCUT2D eigenvalue weighted by Crippen LogP contribution is -2.18. The molecule has 0 fully saturated rings. The molecule has 0 aromatic heterocycles. The molecule has 16 heavy (non-hydrogen) atoms. The van der Waals surface area contributed by atoms with Gasteiger partial charge >= 0.3 is 0 Å². The summed E-state index contributed by atoms with van der Waals surface area (Å²) >= 11 is 0. The molecule has 0 heteroatoms. The van der Waals surface area contributed by atoms with Crippen molar-refractivity contribution in [2.75, 3.05) is 0 Å². The second-order valence-corrected chi connectivity index (χ2v) is 4.63. The van der Waals surface area contributed by atoms with Crippen molar-refractivity contribution in [2.45, 2.75) is 94.4 Å². The molecule has 0 heterocycles. The Morgan fingerprint density at radius 1 is 0.938 bits per heavy atom. The lowest BCUT2D eigenvalue weighted by Gasteiger charge is -2.30. The van der Waals surface area contributed by atoms with E-state index in [0.29, 0.717) is 5.41 Å². The van der Waals surface area contributed by atoms with E-state index in [-0.39, 0.29) is 0 Å². The van der Waals surface area contributed by atoms with Gasteiger partial charge in [0.25, 0.3) is 0 Å². The van der Waals surface area contributed by atoms with Crippen LogP contribution < -0.4 is 0 Å². The van der Waals surface area contributed by atoms with E-state index < -0.39 is 0 Å². The molecule has 0 nitrogen and oxygen atoms in total. The molecule has 0 spiro atoms. The molecule has 0 aliphatic carbocycles. The first-order valence-electron chi connectivity index (χ1n) is 7.58. The fourth-order valence-corrected chi connectivity index (χ4v) is 2.01. The van der Waals surface area contributed by atoms with Gasteiger partial charge in [-0.3, -0.25) is 0 Å². The lowest BCUT2D eigenvalue weighted by atomic mass is 9.75. The van der Waals surface area contributed by atoms with Gasteiger partial charge in [-0.1, -0.05) is 81.6 Å². The van der Waals surface area contributed by atoms with Crippen molar-refractivity contribution in [3.63, 3.8) is 0 Å². The maximum Gasteiger partial charge on any atom is -0.0326 e. The van der Waals surface area contributed by atoms with Crippen LogP contribution in [0.3, 0.4) is 0 Å². The van der Waals surface area contributed by atoms with Crippen molar-refractivity contribution in [2.24, 2.45) is 11.3 Å². The average Bonchev–Trinajstić information content (AvgIpc) is 2.34. The number of rotatable bonds is 6. The normalized spacial score (nSPS) is 14.8. The van der Waals surface area contributed by atoms with Crippen LogP contribution in [-0.2, 0) is 0 Å². The van der Waals surface area contributed by atoms with Gasteiger partial charge in [0.05, 0.1) is 0 Å². The summed E-state index contributed by atoms with van der Waals surface area (Å²) in [6.45, 7) is 19.8. The largest absolute Gasteiger partial charge is 0.0683 e. The highest BCUT2D eigenvalue weighted by Gasteiger charge is 2.22. The van der Waals surface area contributed by atoms with Crippen LogP contribution in [0.4, 0.5) is 0 Å². The van der Waals surface area contributed by atoms with Gasteiger partial charge in [0, 0.05) is 0 Å². The molecule has 0 bridgehead atoms. The van der Waals surface area contributed by atoms with Gasteiger partial charge in [0.15, 0.2) is 0 Å². The van der Waals surface area contributed by atoms with Crippen LogP contribution in [0.2, 0.25) is 0 Å². The Morgan fingerprint density at radius 3 is 1.62 bits per heavy atom. The van der Waals surface area contributed by atoms with Crippen molar-refractivity contribution in [1.29, 1.82) is 0 Å². The summed E-state index contributed by atoms with van der Waals surface area (Å²) in [5.74, 6) is 0.904. The Kier molecular flexibility index (Phi) is 20.0. The minimum absolute atomic E-state index is 0.615. The Labute approximate surface area is 106 Å². The highest BCUT2D eigenvalue weighted by molar-refractivity contribution is 4.74. The van der Waals surface area contributed by atoms with Crippen LogP contribution in [0.25, 0.3) is 0 Å². The number of hydrogen-bond donors (Lipinski definition) is 0. The minimum Gasteiger partial charge on any atom is -0.0683 e. The molecule has 2 unspecified atom stereocenters. The summed E-state index contributed by atoms with van der Waals surface area (Å²) in [5.41, 5.74) is 0.615. The Bertz CT molecular complexity index is 107. The molecule has 0 aliphatic rings. The maximum atomic E-state index is 2.45. The summed E-state index contributed by atoms with van der Waals surface area (Å²) in [7, 11) is 0. The quantitative estimate of drug-likeness (QED) is 0.477. The fraction of sp³-hybridized carbons (Fsp3) is 1.00. The zero-order valence-electron chi connectivity index (χ0n) is 13.6. The molecular formula is C16H38. The standard InChI is InChI=1S/C12H26.2C2H6/c1-6-9-12(5,8-3)10-11(4)7-2;2*1-2/h11H,6-10H2,1-5H3;2*1-2H3. The average molecular weight is 230 g/mol. The van der Waals surface area contributed by atoms with Crippen LogP contribution in [0, 0.1) is 11.3 Å². The van der Waals surface area contributed by atoms with Gasteiger partial charge in [-0.15, -0.1) is 0 Å². The van der Waals surface area contributed by atoms with E-state index in [1.165, 1.54) is 32.1 Å². The third-order valence-corrected chi connectivity index (χ3v) is 3.25. The van der Waals surface area contributed by atoms with Gasteiger partial charge in [0.2, 0.25) is 0 Å². The highest BCUT2D eigenvalue weighted by atomic mass is 14.3. The van der Waals surface area contributed by atoms with E-state index in [4.69, 9.17) is 0 Å². The predicted molar refractivity (Wildman–Crippen MR) is 80.1 cm³/mol.